The van der Waals surface area contributed by atoms with E-state index < -0.39 is 0 Å². The lowest BCUT2D eigenvalue weighted by Gasteiger charge is -2.31. The van der Waals surface area contributed by atoms with E-state index in [-0.39, 0.29) is 12.1 Å². The van der Waals surface area contributed by atoms with E-state index in [9.17, 15) is 0 Å². The Morgan fingerprint density at radius 1 is 0.789 bits per heavy atom. The maximum atomic E-state index is 5.87. The van der Waals surface area contributed by atoms with Crippen LogP contribution in [0.15, 0.2) is 24.7 Å². The highest BCUT2D eigenvalue weighted by molar-refractivity contribution is 5.05. The van der Waals surface area contributed by atoms with Crippen LogP contribution in [0.25, 0.3) is 0 Å². The van der Waals surface area contributed by atoms with Crippen molar-refractivity contribution in [1.29, 1.82) is 0 Å². The Kier molecular flexibility index (Phi) is 8.77. The Hall–Kier alpha value is -0.800. The molecule has 0 saturated carbocycles. The van der Waals surface area contributed by atoms with Gasteiger partial charge < -0.3 is 4.74 Å². The molecule has 3 nitrogen and oxygen atoms in total. The van der Waals surface area contributed by atoms with Gasteiger partial charge in [0.25, 0.3) is 0 Å². The second-order valence-corrected chi connectivity index (χ2v) is 4.83. The number of nitrogens with zero attached hydrogens (tertiary/aromatic N) is 2. The lowest BCUT2D eigenvalue weighted by Crippen LogP contribution is -2.37. The minimum absolute atomic E-state index is 0.218. The summed E-state index contributed by atoms with van der Waals surface area (Å²) in [5.74, 6) is 1.57. The zero-order valence-electron chi connectivity index (χ0n) is 13.7. The van der Waals surface area contributed by atoms with E-state index in [1.807, 2.05) is 0 Å². The van der Waals surface area contributed by atoms with Crippen molar-refractivity contribution >= 4 is 0 Å². The maximum Gasteiger partial charge on any atom is 0.113 e. The van der Waals surface area contributed by atoms with Crippen LogP contribution in [0.4, 0.5) is 0 Å². The summed E-state index contributed by atoms with van der Waals surface area (Å²) in [4.78, 5) is 4.63. The number of hydrogen-bond donors (Lipinski definition) is 0. The van der Waals surface area contributed by atoms with Gasteiger partial charge in [0.15, 0.2) is 0 Å². The summed E-state index contributed by atoms with van der Waals surface area (Å²) in [7, 11) is 0. The van der Waals surface area contributed by atoms with E-state index in [1.54, 1.807) is 0 Å². The normalized spacial score (nSPS) is 14.5. The predicted octanol–water partition coefficient (Wildman–Crippen LogP) is 3.49. The molecule has 0 saturated heterocycles. The first-order valence-electron chi connectivity index (χ1n) is 7.46. The van der Waals surface area contributed by atoms with Gasteiger partial charge in [-0.05, 0) is 40.0 Å². The molecule has 0 aliphatic rings. The second-order valence-electron chi connectivity index (χ2n) is 4.83. The molecule has 0 rings (SSSR count). The summed E-state index contributed by atoms with van der Waals surface area (Å²) in [6, 6.07) is 0.436. The molecule has 0 heterocycles. The van der Waals surface area contributed by atoms with Gasteiger partial charge in [-0.25, -0.2) is 0 Å². The molecular weight excluding hydrogens is 236 g/mol. The van der Waals surface area contributed by atoms with Crippen LogP contribution in [0, 0.1) is 0 Å². The fourth-order valence-electron chi connectivity index (χ4n) is 2.29. The number of hydrogen-bond acceptors (Lipinski definition) is 3. The number of ether oxygens (including phenoxy) is 1. The van der Waals surface area contributed by atoms with Crippen LogP contribution in [0.2, 0.25) is 0 Å². The average molecular weight is 268 g/mol. The van der Waals surface area contributed by atoms with Crippen LogP contribution in [-0.4, -0.2) is 48.1 Å². The molecule has 0 aromatic rings. The molecule has 0 aromatic heterocycles. The first kappa shape index (κ1) is 18.2. The lowest BCUT2D eigenvalue weighted by molar-refractivity contribution is 0.140. The Bertz CT molecular complexity index is 252. The maximum absolute atomic E-state index is 5.87. The standard InChI is InChI=1S/C16H32N2O/c1-9-17(10-2)13(5)15(7)19-16(8)14(6)18(11-3)12-4/h13-14H,7-12H2,1-6H3. The molecule has 0 aliphatic heterocycles. The van der Waals surface area contributed by atoms with Gasteiger partial charge in [-0.15, -0.1) is 0 Å². The van der Waals surface area contributed by atoms with E-state index in [0.717, 1.165) is 37.7 Å². The van der Waals surface area contributed by atoms with Crippen molar-refractivity contribution in [3.8, 4) is 0 Å². The van der Waals surface area contributed by atoms with Gasteiger partial charge in [0.05, 0.1) is 12.1 Å². The summed E-state index contributed by atoms with van der Waals surface area (Å²) in [5.41, 5.74) is 0. The minimum Gasteiger partial charge on any atom is -0.464 e. The van der Waals surface area contributed by atoms with Gasteiger partial charge in [-0.1, -0.05) is 40.9 Å². The van der Waals surface area contributed by atoms with Gasteiger partial charge in [-0.2, -0.15) is 0 Å². The van der Waals surface area contributed by atoms with Gasteiger partial charge in [-0.3, -0.25) is 9.80 Å². The molecule has 112 valence electrons. The molecule has 0 fully saturated rings. The summed E-state index contributed by atoms with van der Waals surface area (Å²) in [6.45, 7) is 25.0. The molecule has 2 unspecified atom stereocenters. The largest absolute Gasteiger partial charge is 0.464 e. The second kappa shape index (κ2) is 9.16. The third-order valence-corrected chi connectivity index (χ3v) is 3.91. The van der Waals surface area contributed by atoms with Crippen LogP contribution in [0.5, 0.6) is 0 Å². The quantitative estimate of drug-likeness (QED) is 0.564. The first-order chi connectivity index (χ1) is 8.92. The van der Waals surface area contributed by atoms with Gasteiger partial charge >= 0.3 is 0 Å². The lowest BCUT2D eigenvalue weighted by atomic mass is 10.2. The van der Waals surface area contributed by atoms with E-state index >= 15 is 0 Å². The van der Waals surface area contributed by atoms with Crippen molar-refractivity contribution in [3.63, 3.8) is 0 Å². The number of likely N-dealkylation sites (N-methyl/N-ethyl adjacent to an activating group) is 2. The molecule has 0 radical (unpaired) electrons. The Morgan fingerprint density at radius 3 is 1.26 bits per heavy atom. The molecule has 0 spiro atoms. The predicted molar refractivity (Wildman–Crippen MR) is 84.1 cm³/mol. The molecule has 2 atom stereocenters. The zero-order chi connectivity index (χ0) is 15.0. The number of rotatable bonds is 10. The van der Waals surface area contributed by atoms with Crippen molar-refractivity contribution in [1.82, 2.24) is 9.80 Å². The van der Waals surface area contributed by atoms with E-state index in [4.69, 9.17) is 4.74 Å². The van der Waals surface area contributed by atoms with Crippen molar-refractivity contribution in [3.05, 3.63) is 24.7 Å². The van der Waals surface area contributed by atoms with Crippen molar-refractivity contribution in [2.75, 3.05) is 26.2 Å². The fraction of sp³-hybridized carbons (Fsp3) is 0.750. The van der Waals surface area contributed by atoms with Crippen LogP contribution >= 0.6 is 0 Å². The fourth-order valence-corrected chi connectivity index (χ4v) is 2.29. The topological polar surface area (TPSA) is 15.7 Å². The Balaban J connectivity index is 4.51. The summed E-state index contributed by atoms with van der Waals surface area (Å²) >= 11 is 0. The summed E-state index contributed by atoms with van der Waals surface area (Å²) < 4.78 is 5.87. The molecule has 0 aliphatic carbocycles. The monoisotopic (exact) mass is 268 g/mol. The molecule has 0 amide bonds. The summed E-state index contributed by atoms with van der Waals surface area (Å²) in [5, 5.41) is 0. The third-order valence-electron chi connectivity index (χ3n) is 3.91. The molecule has 19 heavy (non-hydrogen) atoms. The van der Waals surface area contributed by atoms with Crippen LogP contribution in [-0.2, 0) is 4.74 Å². The highest BCUT2D eigenvalue weighted by atomic mass is 16.5. The van der Waals surface area contributed by atoms with E-state index in [0.29, 0.717) is 0 Å². The molecule has 0 bridgehead atoms. The molecule has 0 aromatic carbocycles. The van der Waals surface area contributed by atoms with Gasteiger partial charge in [0, 0.05) is 0 Å². The van der Waals surface area contributed by atoms with Gasteiger partial charge in [0.2, 0.25) is 0 Å². The van der Waals surface area contributed by atoms with Crippen LogP contribution in [0.3, 0.4) is 0 Å². The van der Waals surface area contributed by atoms with E-state index in [2.05, 4.69) is 64.5 Å². The Labute approximate surface area is 119 Å². The van der Waals surface area contributed by atoms with Crippen molar-refractivity contribution in [2.24, 2.45) is 0 Å². The zero-order valence-corrected chi connectivity index (χ0v) is 13.7. The SMILES string of the molecule is C=C(OC(=C)C(C)N(CC)CC)C(C)N(CC)CC. The smallest absolute Gasteiger partial charge is 0.113 e. The first-order valence-corrected chi connectivity index (χ1v) is 7.46. The van der Waals surface area contributed by atoms with Crippen LogP contribution < -0.4 is 0 Å². The van der Waals surface area contributed by atoms with Crippen LogP contribution in [0.1, 0.15) is 41.5 Å². The Morgan fingerprint density at radius 2 is 1.05 bits per heavy atom. The molecular formula is C16H32N2O. The third kappa shape index (κ3) is 5.37. The average Bonchev–Trinajstić information content (AvgIpc) is 2.40. The van der Waals surface area contributed by atoms with Crippen molar-refractivity contribution < 1.29 is 4.74 Å². The minimum atomic E-state index is 0.218. The summed E-state index contributed by atoms with van der Waals surface area (Å²) in [6.07, 6.45) is 0. The van der Waals surface area contributed by atoms with Crippen molar-refractivity contribution in [2.45, 2.75) is 53.6 Å². The van der Waals surface area contributed by atoms with Gasteiger partial charge in [0.1, 0.15) is 11.5 Å². The van der Waals surface area contributed by atoms with E-state index in [1.165, 1.54) is 0 Å². The molecule has 3 heteroatoms. The highest BCUT2D eigenvalue weighted by Gasteiger charge is 2.19. The molecule has 0 N–H and O–H groups in total. The highest BCUT2D eigenvalue weighted by Crippen LogP contribution is 2.17.